The number of nitrogens with one attached hydrogen (secondary N) is 1. The second kappa shape index (κ2) is 7.29. The summed E-state index contributed by atoms with van der Waals surface area (Å²) in [7, 11) is 0. The molecule has 1 heterocycles. The van der Waals surface area contributed by atoms with Crippen molar-refractivity contribution in [3.63, 3.8) is 0 Å². The van der Waals surface area contributed by atoms with Gasteiger partial charge in [0.1, 0.15) is 0 Å². The van der Waals surface area contributed by atoms with Crippen LogP contribution in [0.15, 0.2) is 24.4 Å². The summed E-state index contributed by atoms with van der Waals surface area (Å²) in [5, 5.41) is 3.45. The molecule has 0 saturated carbocycles. The molecule has 0 fully saturated rings. The van der Waals surface area contributed by atoms with Gasteiger partial charge < -0.3 is 9.88 Å². The van der Waals surface area contributed by atoms with Gasteiger partial charge in [0.15, 0.2) is 0 Å². The van der Waals surface area contributed by atoms with Gasteiger partial charge in [-0.2, -0.15) is 0 Å². The minimum Gasteiger partial charge on any atom is -0.348 e. The van der Waals surface area contributed by atoms with Crippen molar-refractivity contribution in [2.75, 3.05) is 6.54 Å². The Balaban J connectivity index is 2.50. The first kappa shape index (κ1) is 13.0. The van der Waals surface area contributed by atoms with E-state index in [0.717, 1.165) is 13.1 Å². The quantitative estimate of drug-likeness (QED) is 0.746. The van der Waals surface area contributed by atoms with Crippen LogP contribution in [0.4, 0.5) is 0 Å². The maximum absolute atomic E-state index is 3.45. The van der Waals surface area contributed by atoms with Crippen molar-refractivity contribution in [3.05, 3.63) is 30.1 Å². The summed E-state index contributed by atoms with van der Waals surface area (Å²) in [6.45, 7) is 8.78. The maximum Gasteiger partial charge on any atom is 0.0403 e. The van der Waals surface area contributed by atoms with Gasteiger partial charge in [-0.25, -0.2) is 0 Å². The van der Waals surface area contributed by atoms with Gasteiger partial charge in [0.05, 0.1) is 0 Å². The average Bonchev–Trinajstić information content (AvgIpc) is 2.72. The number of rotatable bonds is 7. The van der Waals surface area contributed by atoms with Crippen LogP contribution in [0, 0.1) is 0 Å². The van der Waals surface area contributed by atoms with E-state index in [2.05, 4.69) is 61.1 Å². The van der Waals surface area contributed by atoms with E-state index >= 15 is 0 Å². The Bertz CT molecular complexity index is 312. The Morgan fingerprint density at radius 3 is 2.88 bits per heavy atom. The monoisotopic (exact) mass is 220 g/mol. The third-order valence-electron chi connectivity index (χ3n) is 2.60. The molecule has 0 spiro atoms. The van der Waals surface area contributed by atoms with Crippen molar-refractivity contribution in [1.29, 1.82) is 0 Å². The van der Waals surface area contributed by atoms with Crippen LogP contribution in [-0.4, -0.2) is 17.2 Å². The summed E-state index contributed by atoms with van der Waals surface area (Å²) < 4.78 is 2.29. The smallest absolute Gasteiger partial charge is 0.0403 e. The van der Waals surface area contributed by atoms with Crippen LogP contribution in [0.1, 0.15) is 39.3 Å². The minimum absolute atomic E-state index is 0.449. The molecule has 1 atom stereocenters. The van der Waals surface area contributed by atoms with Gasteiger partial charge in [-0.3, -0.25) is 0 Å². The SMILES string of the molecule is CCCNC(C)/C=C/c1cccn1CCC. The van der Waals surface area contributed by atoms with E-state index in [1.165, 1.54) is 18.5 Å². The van der Waals surface area contributed by atoms with Crippen molar-refractivity contribution < 1.29 is 0 Å². The highest BCUT2D eigenvalue weighted by molar-refractivity contribution is 5.46. The van der Waals surface area contributed by atoms with Gasteiger partial charge >= 0.3 is 0 Å². The largest absolute Gasteiger partial charge is 0.348 e. The minimum atomic E-state index is 0.449. The van der Waals surface area contributed by atoms with E-state index in [9.17, 15) is 0 Å². The van der Waals surface area contributed by atoms with E-state index in [0.29, 0.717) is 6.04 Å². The van der Waals surface area contributed by atoms with Gasteiger partial charge in [-0.1, -0.05) is 19.9 Å². The van der Waals surface area contributed by atoms with Gasteiger partial charge in [-0.05, 0) is 44.5 Å². The molecule has 1 N–H and O–H groups in total. The van der Waals surface area contributed by atoms with Crippen LogP contribution >= 0.6 is 0 Å². The Morgan fingerprint density at radius 1 is 1.38 bits per heavy atom. The second-order valence-electron chi connectivity index (χ2n) is 4.23. The molecular weight excluding hydrogens is 196 g/mol. The molecule has 0 aliphatic heterocycles. The Kier molecular flexibility index (Phi) is 5.94. The number of aryl methyl sites for hydroxylation is 1. The van der Waals surface area contributed by atoms with Gasteiger partial charge in [0.25, 0.3) is 0 Å². The van der Waals surface area contributed by atoms with Gasteiger partial charge in [0.2, 0.25) is 0 Å². The fourth-order valence-electron chi connectivity index (χ4n) is 1.71. The Morgan fingerprint density at radius 2 is 2.19 bits per heavy atom. The molecule has 0 radical (unpaired) electrons. The lowest BCUT2D eigenvalue weighted by atomic mass is 10.2. The van der Waals surface area contributed by atoms with Crippen LogP contribution in [0.25, 0.3) is 6.08 Å². The van der Waals surface area contributed by atoms with Crippen molar-refractivity contribution in [2.45, 2.75) is 46.2 Å². The summed E-state index contributed by atoms with van der Waals surface area (Å²) >= 11 is 0. The molecule has 0 amide bonds. The topological polar surface area (TPSA) is 17.0 Å². The first-order valence-corrected chi connectivity index (χ1v) is 6.34. The normalized spacial score (nSPS) is 13.4. The predicted octanol–water partition coefficient (Wildman–Crippen LogP) is 3.30. The third-order valence-corrected chi connectivity index (χ3v) is 2.60. The highest BCUT2D eigenvalue weighted by atomic mass is 15.0. The van der Waals surface area contributed by atoms with E-state index < -0.39 is 0 Å². The van der Waals surface area contributed by atoms with Crippen molar-refractivity contribution >= 4 is 6.08 Å². The van der Waals surface area contributed by atoms with E-state index in [1.54, 1.807) is 0 Å². The molecule has 0 aliphatic carbocycles. The molecule has 0 bridgehead atoms. The zero-order chi connectivity index (χ0) is 11.8. The second-order valence-corrected chi connectivity index (χ2v) is 4.23. The molecule has 0 saturated heterocycles. The summed E-state index contributed by atoms with van der Waals surface area (Å²) in [6.07, 6.45) is 8.96. The molecular formula is C14H24N2. The zero-order valence-electron chi connectivity index (χ0n) is 10.7. The van der Waals surface area contributed by atoms with Crippen LogP contribution in [0.5, 0.6) is 0 Å². The molecule has 1 rings (SSSR count). The lowest BCUT2D eigenvalue weighted by molar-refractivity contribution is 0.624. The van der Waals surface area contributed by atoms with Gasteiger partial charge in [0, 0.05) is 24.5 Å². The summed E-state index contributed by atoms with van der Waals surface area (Å²) in [5.74, 6) is 0. The standard InChI is InChI=1S/C14H24N2/c1-4-10-15-13(3)8-9-14-7-6-12-16(14)11-5-2/h6-9,12-13,15H,4-5,10-11H2,1-3H3/b9-8+. The molecule has 0 aliphatic rings. The lowest BCUT2D eigenvalue weighted by Gasteiger charge is -2.08. The first-order valence-electron chi connectivity index (χ1n) is 6.34. The van der Waals surface area contributed by atoms with Crippen LogP contribution in [-0.2, 0) is 6.54 Å². The molecule has 16 heavy (non-hydrogen) atoms. The summed E-state index contributed by atoms with van der Waals surface area (Å²) in [6, 6.07) is 4.72. The maximum atomic E-state index is 3.45. The fourth-order valence-corrected chi connectivity index (χ4v) is 1.71. The molecule has 1 aromatic heterocycles. The van der Waals surface area contributed by atoms with E-state index in [1.807, 2.05) is 0 Å². The zero-order valence-corrected chi connectivity index (χ0v) is 10.7. The lowest BCUT2D eigenvalue weighted by Crippen LogP contribution is -2.24. The van der Waals surface area contributed by atoms with Crippen LogP contribution < -0.4 is 5.32 Å². The van der Waals surface area contributed by atoms with E-state index in [4.69, 9.17) is 0 Å². The van der Waals surface area contributed by atoms with Crippen molar-refractivity contribution in [1.82, 2.24) is 9.88 Å². The Hall–Kier alpha value is -1.02. The van der Waals surface area contributed by atoms with Crippen molar-refractivity contribution in [3.8, 4) is 0 Å². The summed E-state index contributed by atoms with van der Waals surface area (Å²) in [4.78, 5) is 0. The highest BCUT2D eigenvalue weighted by Gasteiger charge is 1.97. The van der Waals surface area contributed by atoms with E-state index in [-0.39, 0.29) is 0 Å². The molecule has 90 valence electrons. The average molecular weight is 220 g/mol. The van der Waals surface area contributed by atoms with Crippen LogP contribution in [0.2, 0.25) is 0 Å². The summed E-state index contributed by atoms with van der Waals surface area (Å²) in [5.41, 5.74) is 1.30. The molecule has 0 aromatic carbocycles. The molecule has 1 aromatic rings. The number of hydrogen-bond acceptors (Lipinski definition) is 1. The van der Waals surface area contributed by atoms with Crippen molar-refractivity contribution in [2.24, 2.45) is 0 Å². The highest BCUT2D eigenvalue weighted by Crippen LogP contribution is 2.06. The third kappa shape index (κ3) is 4.23. The fraction of sp³-hybridized carbons (Fsp3) is 0.571. The Labute approximate surface area is 99.4 Å². The predicted molar refractivity (Wildman–Crippen MR) is 71.5 cm³/mol. The van der Waals surface area contributed by atoms with Crippen LogP contribution in [0.3, 0.4) is 0 Å². The number of aromatic nitrogens is 1. The van der Waals surface area contributed by atoms with Gasteiger partial charge in [-0.15, -0.1) is 0 Å². The molecule has 2 heteroatoms. The first-order chi connectivity index (χ1) is 7.77. The number of hydrogen-bond donors (Lipinski definition) is 1. The molecule has 1 unspecified atom stereocenters. The number of nitrogens with zero attached hydrogens (tertiary/aromatic N) is 1. The molecule has 2 nitrogen and oxygen atoms in total.